The van der Waals surface area contributed by atoms with E-state index < -0.39 is 0 Å². The van der Waals surface area contributed by atoms with Crippen molar-refractivity contribution in [2.75, 3.05) is 13.1 Å². The van der Waals surface area contributed by atoms with Gasteiger partial charge >= 0.3 is 0 Å². The number of rotatable bonds is 5. The Morgan fingerprint density at radius 1 is 1.25 bits per heavy atom. The number of aromatic nitrogens is 2. The summed E-state index contributed by atoms with van der Waals surface area (Å²) >= 11 is 0. The predicted molar refractivity (Wildman–Crippen MR) is 95.9 cm³/mol. The largest absolute Gasteiger partial charge is 0.341 e. The monoisotopic (exact) mass is 325 g/mol. The fourth-order valence-corrected chi connectivity index (χ4v) is 3.76. The van der Waals surface area contributed by atoms with Gasteiger partial charge in [-0.25, -0.2) is 4.98 Å². The first kappa shape index (κ1) is 16.7. The minimum atomic E-state index is 0.297. The smallest absolute Gasteiger partial charge is 0.222 e. The summed E-state index contributed by atoms with van der Waals surface area (Å²) in [6.45, 7) is 5.87. The molecular weight excluding hydrogens is 298 g/mol. The normalized spacial score (nSPS) is 17.9. The van der Waals surface area contributed by atoms with Gasteiger partial charge < -0.3 is 9.47 Å². The van der Waals surface area contributed by atoms with E-state index in [2.05, 4.69) is 45.6 Å². The third-order valence-electron chi connectivity index (χ3n) is 4.98. The molecule has 0 bridgehead atoms. The number of amides is 1. The van der Waals surface area contributed by atoms with E-state index in [0.29, 0.717) is 18.4 Å². The quantitative estimate of drug-likeness (QED) is 0.841. The van der Waals surface area contributed by atoms with Gasteiger partial charge in [0.15, 0.2) is 0 Å². The Bertz CT molecular complexity index is 658. The van der Waals surface area contributed by atoms with Crippen LogP contribution in [0.15, 0.2) is 36.5 Å². The number of likely N-dealkylation sites (tertiary alicyclic amines) is 1. The van der Waals surface area contributed by atoms with Gasteiger partial charge in [0.05, 0.1) is 6.04 Å². The average molecular weight is 325 g/mol. The van der Waals surface area contributed by atoms with E-state index in [9.17, 15) is 4.79 Å². The molecule has 3 rings (SSSR count). The number of imidazole rings is 1. The second-order valence-electron chi connectivity index (χ2n) is 6.79. The molecule has 0 N–H and O–H groups in total. The highest BCUT2D eigenvalue weighted by atomic mass is 16.2. The summed E-state index contributed by atoms with van der Waals surface area (Å²) in [5.74, 6) is 1.35. The van der Waals surface area contributed by atoms with Gasteiger partial charge in [-0.05, 0) is 45.1 Å². The summed E-state index contributed by atoms with van der Waals surface area (Å²) in [5, 5.41) is 0. The zero-order valence-electron chi connectivity index (χ0n) is 14.7. The van der Waals surface area contributed by atoms with E-state index in [4.69, 9.17) is 0 Å². The second-order valence-corrected chi connectivity index (χ2v) is 6.79. The molecule has 1 aromatic carbocycles. The SMILES string of the molecule is Cc1cnc(C)n1C1CCCN(C(=O)CCCc2ccccc2)C1. The number of carbonyl (C=O) groups is 1. The van der Waals surface area contributed by atoms with Gasteiger partial charge in [-0.3, -0.25) is 4.79 Å². The van der Waals surface area contributed by atoms with Gasteiger partial charge in [0.25, 0.3) is 0 Å². The van der Waals surface area contributed by atoms with Gasteiger partial charge in [-0.1, -0.05) is 30.3 Å². The lowest BCUT2D eigenvalue weighted by Gasteiger charge is -2.34. The number of benzene rings is 1. The molecule has 1 saturated heterocycles. The Kier molecular flexibility index (Phi) is 5.34. The van der Waals surface area contributed by atoms with Crippen LogP contribution in [0.25, 0.3) is 0 Å². The van der Waals surface area contributed by atoms with Crippen molar-refractivity contribution in [2.45, 2.75) is 52.0 Å². The van der Waals surface area contributed by atoms with Crippen LogP contribution in [0.5, 0.6) is 0 Å². The molecule has 1 atom stereocenters. The van der Waals surface area contributed by atoms with Gasteiger partial charge in [0.2, 0.25) is 5.91 Å². The topological polar surface area (TPSA) is 38.1 Å². The molecule has 1 aromatic heterocycles. The molecule has 1 unspecified atom stereocenters. The zero-order chi connectivity index (χ0) is 16.9. The van der Waals surface area contributed by atoms with E-state index >= 15 is 0 Å². The number of piperidine rings is 1. The first-order valence-corrected chi connectivity index (χ1v) is 8.97. The van der Waals surface area contributed by atoms with Gasteiger partial charge in [0.1, 0.15) is 5.82 Å². The van der Waals surface area contributed by atoms with Crippen molar-refractivity contribution in [1.29, 1.82) is 0 Å². The summed E-state index contributed by atoms with van der Waals surface area (Å²) in [6.07, 6.45) is 6.67. The van der Waals surface area contributed by atoms with Crippen molar-refractivity contribution in [3.63, 3.8) is 0 Å². The highest BCUT2D eigenvalue weighted by Crippen LogP contribution is 2.25. The Morgan fingerprint density at radius 2 is 2.04 bits per heavy atom. The lowest BCUT2D eigenvalue weighted by molar-refractivity contribution is -0.132. The molecule has 4 nitrogen and oxygen atoms in total. The molecule has 2 aromatic rings. The minimum Gasteiger partial charge on any atom is -0.341 e. The molecule has 1 amide bonds. The van der Waals surface area contributed by atoms with Crippen molar-refractivity contribution in [3.8, 4) is 0 Å². The maximum absolute atomic E-state index is 12.6. The van der Waals surface area contributed by atoms with E-state index in [1.54, 1.807) is 0 Å². The Morgan fingerprint density at radius 3 is 2.75 bits per heavy atom. The molecule has 1 fully saturated rings. The van der Waals surface area contributed by atoms with E-state index in [1.165, 1.54) is 11.3 Å². The van der Waals surface area contributed by atoms with E-state index in [-0.39, 0.29) is 0 Å². The number of hydrogen-bond donors (Lipinski definition) is 0. The van der Waals surface area contributed by atoms with Crippen LogP contribution in [-0.4, -0.2) is 33.4 Å². The van der Waals surface area contributed by atoms with Crippen LogP contribution in [0.1, 0.15) is 48.8 Å². The van der Waals surface area contributed by atoms with Gasteiger partial charge in [-0.2, -0.15) is 0 Å². The number of carbonyl (C=O) groups excluding carboxylic acids is 1. The van der Waals surface area contributed by atoms with Gasteiger partial charge in [0, 0.05) is 31.4 Å². The van der Waals surface area contributed by atoms with Crippen LogP contribution in [0.3, 0.4) is 0 Å². The third-order valence-corrected chi connectivity index (χ3v) is 4.98. The molecule has 0 spiro atoms. The number of hydrogen-bond acceptors (Lipinski definition) is 2. The standard InChI is InChI=1S/C20H27N3O/c1-16-14-21-17(2)23(16)19-11-7-13-22(15-19)20(24)12-6-10-18-8-4-3-5-9-18/h3-5,8-9,14,19H,6-7,10-13,15H2,1-2H3. The van der Waals surface area contributed by atoms with Crippen LogP contribution < -0.4 is 0 Å². The molecule has 24 heavy (non-hydrogen) atoms. The first-order chi connectivity index (χ1) is 11.6. The summed E-state index contributed by atoms with van der Waals surface area (Å²) in [5.41, 5.74) is 2.50. The van der Waals surface area contributed by atoms with Crippen LogP contribution in [0, 0.1) is 13.8 Å². The van der Waals surface area contributed by atoms with Crippen LogP contribution >= 0.6 is 0 Å². The molecule has 0 aliphatic carbocycles. The summed E-state index contributed by atoms with van der Waals surface area (Å²) in [4.78, 5) is 19.0. The Balaban J connectivity index is 1.53. The second kappa shape index (κ2) is 7.65. The number of nitrogens with zero attached hydrogens (tertiary/aromatic N) is 3. The van der Waals surface area contributed by atoms with E-state index in [1.807, 2.05) is 19.2 Å². The van der Waals surface area contributed by atoms with E-state index in [0.717, 1.165) is 44.6 Å². The van der Waals surface area contributed by atoms with Crippen LogP contribution in [0.2, 0.25) is 0 Å². The predicted octanol–water partition coefficient (Wildman–Crippen LogP) is 3.69. The molecule has 2 heterocycles. The fourth-order valence-electron chi connectivity index (χ4n) is 3.76. The Labute approximate surface area is 144 Å². The van der Waals surface area contributed by atoms with Crippen molar-refractivity contribution < 1.29 is 4.79 Å². The van der Waals surface area contributed by atoms with Crippen molar-refractivity contribution in [2.24, 2.45) is 0 Å². The molecule has 1 aliphatic rings. The summed E-state index contributed by atoms with van der Waals surface area (Å²) < 4.78 is 2.30. The molecule has 128 valence electrons. The van der Waals surface area contributed by atoms with Crippen LogP contribution in [-0.2, 0) is 11.2 Å². The number of aryl methyl sites for hydroxylation is 3. The molecular formula is C20H27N3O. The van der Waals surface area contributed by atoms with Crippen molar-refractivity contribution in [3.05, 3.63) is 53.6 Å². The first-order valence-electron chi connectivity index (χ1n) is 8.97. The van der Waals surface area contributed by atoms with Gasteiger partial charge in [-0.15, -0.1) is 0 Å². The maximum atomic E-state index is 12.6. The minimum absolute atomic E-state index is 0.297. The fraction of sp³-hybridized carbons (Fsp3) is 0.500. The highest BCUT2D eigenvalue weighted by Gasteiger charge is 2.25. The highest BCUT2D eigenvalue weighted by molar-refractivity contribution is 5.76. The molecule has 4 heteroatoms. The average Bonchev–Trinajstić information content (AvgIpc) is 2.94. The summed E-state index contributed by atoms with van der Waals surface area (Å²) in [7, 11) is 0. The summed E-state index contributed by atoms with van der Waals surface area (Å²) in [6, 6.07) is 10.8. The third kappa shape index (κ3) is 3.86. The molecule has 0 radical (unpaired) electrons. The van der Waals surface area contributed by atoms with Crippen molar-refractivity contribution in [1.82, 2.24) is 14.5 Å². The Hall–Kier alpha value is -2.10. The molecule has 1 aliphatic heterocycles. The lowest BCUT2D eigenvalue weighted by atomic mass is 10.0. The zero-order valence-corrected chi connectivity index (χ0v) is 14.7. The van der Waals surface area contributed by atoms with Crippen LogP contribution in [0.4, 0.5) is 0 Å². The lowest BCUT2D eigenvalue weighted by Crippen LogP contribution is -2.41. The van der Waals surface area contributed by atoms with Crippen molar-refractivity contribution >= 4 is 5.91 Å². The molecule has 0 saturated carbocycles. The maximum Gasteiger partial charge on any atom is 0.222 e.